The fourth-order valence-electron chi connectivity index (χ4n) is 4.36. The zero-order valence-corrected chi connectivity index (χ0v) is 18.0. The van der Waals surface area contributed by atoms with Gasteiger partial charge in [0, 0.05) is 27.9 Å². The van der Waals surface area contributed by atoms with Crippen molar-refractivity contribution in [1.29, 1.82) is 0 Å². The minimum Gasteiger partial charge on any atom is -0.256 e. The molecule has 0 aliphatic rings. The third-order valence-corrected chi connectivity index (χ3v) is 6.01. The van der Waals surface area contributed by atoms with Crippen LogP contribution in [0.15, 0.2) is 72.9 Å². The first-order valence-electron chi connectivity index (χ1n) is 10.7. The number of pyridine rings is 2. The van der Waals surface area contributed by atoms with Crippen molar-refractivity contribution in [3.05, 3.63) is 84.2 Å². The molecule has 0 bridgehead atoms. The number of fused-ring (bicyclic) bond motifs is 4. The predicted octanol–water partition coefficient (Wildman–Crippen LogP) is 7.85. The largest absolute Gasteiger partial charge is 0.256 e. The van der Waals surface area contributed by atoms with E-state index in [1.54, 1.807) is 0 Å². The summed E-state index contributed by atoms with van der Waals surface area (Å²) in [6.07, 6.45) is 1.92. The lowest BCUT2D eigenvalue weighted by atomic mass is 9.95. The Morgan fingerprint density at radius 3 is 2.20 bits per heavy atom. The van der Waals surface area contributed by atoms with E-state index in [-0.39, 0.29) is 0 Å². The topological polar surface area (TPSA) is 25.8 Å². The molecule has 2 nitrogen and oxygen atoms in total. The molecule has 0 amide bonds. The Labute approximate surface area is 177 Å². The van der Waals surface area contributed by atoms with Gasteiger partial charge in [-0.15, -0.1) is 0 Å². The molecule has 5 aromatic rings. The summed E-state index contributed by atoms with van der Waals surface area (Å²) in [5.74, 6) is 0.881. The molecule has 0 atom stereocenters. The van der Waals surface area contributed by atoms with E-state index in [1.165, 1.54) is 32.5 Å². The van der Waals surface area contributed by atoms with Gasteiger partial charge in [-0.1, -0.05) is 82.3 Å². The number of hydrogen-bond acceptors (Lipinski definition) is 2. The first-order valence-corrected chi connectivity index (χ1v) is 10.7. The maximum Gasteiger partial charge on any atom is 0.0781 e. The van der Waals surface area contributed by atoms with Gasteiger partial charge >= 0.3 is 0 Å². The molecule has 3 aromatic carbocycles. The molecule has 0 N–H and O–H groups in total. The second-order valence-electron chi connectivity index (χ2n) is 8.72. The van der Waals surface area contributed by atoms with E-state index >= 15 is 0 Å². The van der Waals surface area contributed by atoms with Gasteiger partial charge in [0.05, 0.1) is 16.9 Å². The SMILES string of the molecule is CC(C)c1ccc2c(-c3ccc4c(c3)nc(C(C)C)c3ccccc34)nccc2c1. The average Bonchev–Trinajstić information content (AvgIpc) is 2.77. The fourth-order valence-corrected chi connectivity index (χ4v) is 4.36. The Bertz CT molecular complexity index is 1400. The Morgan fingerprint density at radius 1 is 0.667 bits per heavy atom. The van der Waals surface area contributed by atoms with Gasteiger partial charge in [0.2, 0.25) is 0 Å². The second kappa shape index (κ2) is 7.21. The van der Waals surface area contributed by atoms with E-state index in [0.29, 0.717) is 11.8 Å². The molecular weight excluding hydrogens is 364 g/mol. The van der Waals surface area contributed by atoms with Gasteiger partial charge in [-0.3, -0.25) is 9.97 Å². The van der Waals surface area contributed by atoms with Crippen molar-refractivity contribution in [2.75, 3.05) is 0 Å². The third kappa shape index (κ3) is 3.04. The third-order valence-electron chi connectivity index (χ3n) is 6.01. The summed E-state index contributed by atoms with van der Waals surface area (Å²) in [7, 11) is 0. The molecular formula is C28H26N2. The lowest BCUT2D eigenvalue weighted by Gasteiger charge is -2.14. The average molecular weight is 391 g/mol. The molecule has 148 valence electrons. The van der Waals surface area contributed by atoms with Crippen LogP contribution < -0.4 is 0 Å². The van der Waals surface area contributed by atoms with E-state index in [1.807, 2.05) is 6.20 Å². The minimum atomic E-state index is 0.369. The van der Waals surface area contributed by atoms with E-state index < -0.39 is 0 Å². The number of aromatic nitrogens is 2. The van der Waals surface area contributed by atoms with Gasteiger partial charge in [-0.2, -0.15) is 0 Å². The summed E-state index contributed by atoms with van der Waals surface area (Å²) in [5, 5.41) is 6.13. The highest BCUT2D eigenvalue weighted by molar-refractivity contribution is 6.08. The summed E-state index contributed by atoms with van der Waals surface area (Å²) in [6.45, 7) is 8.88. The monoisotopic (exact) mass is 390 g/mol. The summed E-state index contributed by atoms with van der Waals surface area (Å²) in [5.41, 5.74) is 5.68. The zero-order chi connectivity index (χ0) is 20.8. The van der Waals surface area contributed by atoms with Crippen molar-refractivity contribution < 1.29 is 0 Å². The van der Waals surface area contributed by atoms with Gasteiger partial charge in [0.15, 0.2) is 0 Å². The van der Waals surface area contributed by atoms with Crippen LogP contribution in [0, 0.1) is 0 Å². The first kappa shape index (κ1) is 18.7. The Balaban J connectivity index is 1.75. The van der Waals surface area contributed by atoms with Crippen LogP contribution in [0.4, 0.5) is 0 Å². The first-order chi connectivity index (χ1) is 14.5. The molecule has 0 spiro atoms. The highest BCUT2D eigenvalue weighted by Gasteiger charge is 2.13. The summed E-state index contributed by atoms with van der Waals surface area (Å²) in [6, 6.07) is 24.0. The standard InChI is InChI=1S/C28H26N2/c1-17(2)19-9-11-22-20(15-19)13-14-29-28(22)21-10-12-24-23-7-5-6-8-25(23)27(18(3)4)30-26(24)16-21/h5-18H,1-4H3. The van der Waals surface area contributed by atoms with E-state index in [9.17, 15) is 0 Å². The number of hydrogen-bond donors (Lipinski definition) is 0. The molecule has 0 radical (unpaired) electrons. The van der Waals surface area contributed by atoms with Gasteiger partial charge < -0.3 is 0 Å². The van der Waals surface area contributed by atoms with Crippen molar-refractivity contribution in [1.82, 2.24) is 9.97 Å². The molecule has 2 aromatic heterocycles. The maximum atomic E-state index is 5.08. The lowest BCUT2D eigenvalue weighted by Crippen LogP contribution is -1.96. The molecule has 30 heavy (non-hydrogen) atoms. The number of nitrogens with zero attached hydrogens (tertiary/aromatic N) is 2. The Hall–Kier alpha value is -3.26. The van der Waals surface area contributed by atoms with Crippen molar-refractivity contribution in [3.63, 3.8) is 0 Å². The van der Waals surface area contributed by atoms with Crippen LogP contribution in [0.5, 0.6) is 0 Å². The van der Waals surface area contributed by atoms with Crippen molar-refractivity contribution in [2.24, 2.45) is 0 Å². The highest BCUT2D eigenvalue weighted by atomic mass is 14.7. The summed E-state index contributed by atoms with van der Waals surface area (Å²) >= 11 is 0. The number of rotatable bonds is 3. The molecule has 0 saturated carbocycles. The molecule has 0 unspecified atom stereocenters. The van der Waals surface area contributed by atoms with Gasteiger partial charge in [-0.05, 0) is 40.3 Å². The molecule has 5 rings (SSSR count). The van der Waals surface area contributed by atoms with Crippen LogP contribution in [-0.4, -0.2) is 9.97 Å². The lowest BCUT2D eigenvalue weighted by molar-refractivity contribution is 0.841. The molecule has 2 heteroatoms. The minimum absolute atomic E-state index is 0.369. The molecule has 0 aliphatic heterocycles. The van der Waals surface area contributed by atoms with Crippen molar-refractivity contribution in [2.45, 2.75) is 39.5 Å². The normalized spacial score (nSPS) is 11.9. The molecule has 2 heterocycles. The molecule has 0 fully saturated rings. The van der Waals surface area contributed by atoms with Crippen LogP contribution >= 0.6 is 0 Å². The zero-order valence-electron chi connectivity index (χ0n) is 18.0. The highest BCUT2D eigenvalue weighted by Crippen LogP contribution is 2.34. The van der Waals surface area contributed by atoms with Crippen molar-refractivity contribution in [3.8, 4) is 11.3 Å². The summed E-state index contributed by atoms with van der Waals surface area (Å²) in [4.78, 5) is 9.83. The van der Waals surface area contributed by atoms with Crippen LogP contribution in [0.2, 0.25) is 0 Å². The summed E-state index contributed by atoms with van der Waals surface area (Å²) < 4.78 is 0. The number of benzene rings is 3. The van der Waals surface area contributed by atoms with Crippen LogP contribution in [-0.2, 0) is 0 Å². The molecule has 0 aliphatic carbocycles. The Kier molecular flexibility index (Phi) is 4.51. The van der Waals surface area contributed by atoms with Gasteiger partial charge in [0.25, 0.3) is 0 Å². The van der Waals surface area contributed by atoms with Crippen LogP contribution in [0.1, 0.15) is 50.8 Å². The van der Waals surface area contributed by atoms with E-state index in [2.05, 4.69) is 94.4 Å². The smallest absolute Gasteiger partial charge is 0.0781 e. The van der Waals surface area contributed by atoms with Crippen LogP contribution in [0.3, 0.4) is 0 Å². The van der Waals surface area contributed by atoms with Crippen molar-refractivity contribution >= 4 is 32.4 Å². The van der Waals surface area contributed by atoms with Crippen LogP contribution in [0.25, 0.3) is 43.7 Å². The molecule has 0 saturated heterocycles. The quantitative estimate of drug-likeness (QED) is 0.293. The van der Waals surface area contributed by atoms with Gasteiger partial charge in [0.1, 0.15) is 0 Å². The van der Waals surface area contributed by atoms with E-state index in [0.717, 1.165) is 22.5 Å². The van der Waals surface area contributed by atoms with E-state index in [4.69, 9.17) is 9.97 Å². The second-order valence-corrected chi connectivity index (χ2v) is 8.72. The fraction of sp³-hybridized carbons (Fsp3) is 0.214. The Morgan fingerprint density at radius 2 is 1.43 bits per heavy atom. The maximum absolute atomic E-state index is 5.08. The predicted molar refractivity (Wildman–Crippen MR) is 128 cm³/mol. The van der Waals surface area contributed by atoms with Gasteiger partial charge in [-0.25, -0.2) is 0 Å².